The van der Waals surface area contributed by atoms with Crippen LogP contribution in [0, 0.1) is 0 Å². The Morgan fingerprint density at radius 2 is 2.21 bits per heavy atom. The lowest BCUT2D eigenvalue weighted by Crippen LogP contribution is -2.23. The second kappa shape index (κ2) is 5.38. The average Bonchev–Trinajstić information content (AvgIpc) is 2.65. The third-order valence-electron chi connectivity index (χ3n) is 2.91. The maximum absolute atomic E-state index is 11.9. The third-order valence-corrected chi connectivity index (χ3v) is 2.91. The van der Waals surface area contributed by atoms with Gasteiger partial charge in [0.1, 0.15) is 18.5 Å². The van der Waals surface area contributed by atoms with E-state index in [-0.39, 0.29) is 12.7 Å². The van der Waals surface area contributed by atoms with Gasteiger partial charge in [-0.1, -0.05) is 12.1 Å². The number of nitrogens with two attached hydrogens (primary N) is 1. The Bertz CT molecular complexity index is 448. The first-order chi connectivity index (χ1) is 8.85. The van der Waals surface area contributed by atoms with Gasteiger partial charge in [0.2, 0.25) is 0 Å². The Morgan fingerprint density at radius 1 is 1.47 bits per heavy atom. The van der Waals surface area contributed by atoms with Crippen molar-refractivity contribution in [2.45, 2.75) is 31.7 Å². The first-order valence-corrected chi connectivity index (χ1v) is 6.05. The van der Waals surface area contributed by atoms with Gasteiger partial charge in [0, 0.05) is 6.42 Å². The van der Waals surface area contributed by atoms with E-state index >= 15 is 0 Å². The lowest BCUT2D eigenvalue weighted by molar-refractivity contribution is -0.174. The molecule has 0 saturated heterocycles. The standard InChI is InChI=1S/C13H16F3NO2/c1-8-4-10-5-9(2-3-12(10)19-8)11(17)6-18-7-13(14,15)16/h2-3,5,8,11H,4,6-7,17H2,1H3. The molecule has 0 aliphatic carbocycles. The zero-order valence-electron chi connectivity index (χ0n) is 10.5. The summed E-state index contributed by atoms with van der Waals surface area (Å²) >= 11 is 0. The molecule has 0 aromatic heterocycles. The number of alkyl halides is 3. The minimum Gasteiger partial charge on any atom is -0.490 e. The fourth-order valence-electron chi connectivity index (χ4n) is 2.07. The van der Waals surface area contributed by atoms with Crippen LogP contribution >= 0.6 is 0 Å². The maximum atomic E-state index is 11.9. The van der Waals surface area contributed by atoms with E-state index in [1.54, 1.807) is 12.1 Å². The van der Waals surface area contributed by atoms with Crippen LogP contribution in [0.3, 0.4) is 0 Å². The zero-order valence-corrected chi connectivity index (χ0v) is 10.5. The average molecular weight is 275 g/mol. The fourth-order valence-corrected chi connectivity index (χ4v) is 2.07. The molecule has 2 rings (SSSR count). The predicted octanol–water partition coefficient (Wildman–Crippen LogP) is 2.59. The molecular weight excluding hydrogens is 259 g/mol. The van der Waals surface area contributed by atoms with Crippen molar-refractivity contribution in [1.29, 1.82) is 0 Å². The molecule has 2 unspecified atom stereocenters. The van der Waals surface area contributed by atoms with Gasteiger partial charge in [0.25, 0.3) is 0 Å². The Labute approximate surface area is 109 Å². The van der Waals surface area contributed by atoms with Crippen molar-refractivity contribution < 1.29 is 22.6 Å². The van der Waals surface area contributed by atoms with E-state index in [1.165, 1.54) is 0 Å². The Morgan fingerprint density at radius 3 is 2.89 bits per heavy atom. The van der Waals surface area contributed by atoms with Gasteiger partial charge in [-0.05, 0) is 24.1 Å². The molecule has 106 valence electrons. The van der Waals surface area contributed by atoms with Gasteiger partial charge in [-0.25, -0.2) is 0 Å². The Kier molecular flexibility index (Phi) is 4.01. The van der Waals surface area contributed by atoms with Gasteiger partial charge in [0.05, 0.1) is 12.6 Å². The highest BCUT2D eigenvalue weighted by atomic mass is 19.4. The second-order valence-electron chi connectivity index (χ2n) is 4.74. The lowest BCUT2D eigenvalue weighted by Gasteiger charge is -2.14. The molecule has 19 heavy (non-hydrogen) atoms. The van der Waals surface area contributed by atoms with Crippen molar-refractivity contribution in [3.05, 3.63) is 29.3 Å². The van der Waals surface area contributed by atoms with E-state index in [0.29, 0.717) is 0 Å². The SMILES string of the molecule is CC1Cc2cc(C(N)COCC(F)(F)F)ccc2O1. The van der Waals surface area contributed by atoms with Gasteiger partial charge in [-0.3, -0.25) is 0 Å². The van der Waals surface area contributed by atoms with Crippen molar-refractivity contribution in [2.24, 2.45) is 5.73 Å². The van der Waals surface area contributed by atoms with Gasteiger partial charge in [-0.2, -0.15) is 13.2 Å². The van der Waals surface area contributed by atoms with E-state index in [9.17, 15) is 13.2 Å². The van der Waals surface area contributed by atoms with E-state index in [2.05, 4.69) is 4.74 Å². The summed E-state index contributed by atoms with van der Waals surface area (Å²) in [6, 6.07) is 4.88. The zero-order chi connectivity index (χ0) is 14.0. The van der Waals surface area contributed by atoms with Crippen LogP contribution < -0.4 is 10.5 Å². The molecule has 2 N–H and O–H groups in total. The summed E-state index contributed by atoms with van der Waals surface area (Å²) in [4.78, 5) is 0. The summed E-state index contributed by atoms with van der Waals surface area (Å²) in [5.74, 6) is 0.819. The summed E-state index contributed by atoms with van der Waals surface area (Å²) in [6.07, 6.45) is -3.40. The molecule has 1 aliphatic rings. The number of rotatable bonds is 4. The van der Waals surface area contributed by atoms with E-state index in [4.69, 9.17) is 10.5 Å². The maximum Gasteiger partial charge on any atom is 0.411 e. The quantitative estimate of drug-likeness (QED) is 0.918. The van der Waals surface area contributed by atoms with Crippen molar-refractivity contribution in [1.82, 2.24) is 0 Å². The second-order valence-corrected chi connectivity index (χ2v) is 4.74. The Balaban J connectivity index is 1.93. The van der Waals surface area contributed by atoms with Crippen molar-refractivity contribution in [3.63, 3.8) is 0 Å². The molecule has 0 spiro atoms. The van der Waals surface area contributed by atoms with Gasteiger partial charge in [-0.15, -0.1) is 0 Å². The minimum atomic E-state index is -4.32. The lowest BCUT2D eigenvalue weighted by atomic mass is 10.0. The van der Waals surface area contributed by atoms with Crippen molar-refractivity contribution >= 4 is 0 Å². The highest BCUT2D eigenvalue weighted by Crippen LogP contribution is 2.30. The first kappa shape index (κ1) is 14.1. The van der Waals surface area contributed by atoms with Crippen LogP contribution in [0.25, 0.3) is 0 Å². The van der Waals surface area contributed by atoms with Crippen LogP contribution in [-0.4, -0.2) is 25.5 Å². The largest absolute Gasteiger partial charge is 0.490 e. The fraction of sp³-hybridized carbons (Fsp3) is 0.538. The molecule has 0 amide bonds. The summed E-state index contributed by atoms with van der Waals surface area (Å²) in [5, 5.41) is 0. The van der Waals surface area contributed by atoms with E-state index in [0.717, 1.165) is 23.3 Å². The van der Waals surface area contributed by atoms with Gasteiger partial charge in [0.15, 0.2) is 0 Å². The number of benzene rings is 1. The summed E-state index contributed by atoms with van der Waals surface area (Å²) < 4.78 is 46.0. The molecule has 0 radical (unpaired) electrons. The van der Waals surface area contributed by atoms with Crippen LogP contribution in [0.15, 0.2) is 18.2 Å². The van der Waals surface area contributed by atoms with Crippen molar-refractivity contribution in [2.75, 3.05) is 13.2 Å². The number of ether oxygens (including phenoxy) is 2. The predicted molar refractivity (Wildman–Crippen MR) is 64.0 cm³/mol. The van der Waals surface area contributed by atoms with Gasteiger partial charge >= 0.3 is 6.18 Å². The normalized spacial score (nSPS) is 19.9. The first-order valence-electron chi connectivity index (χ1n) is 6.05. The Hall–Kier alpha value is -1.27. The highest BCUT2D eigenvalue weighted by Gasteiger charge is 2.28. The molecule has 6 heteroatoms. The molecule has 1 heterocycles. The summed E-state index contributed by atoms with van der Waals surface area (Å²) in [7, 11) is 0. The van der Waals surface area contributed by atoms with Crippen LogP contribution in [0.1, 0.15) is 24.1 Å². The molecular formula is C13H16F3NO2. The molecule has 0 saturated carbocycles. The highest BCUT2D eigenvalue weighted by molar-refractivity contribution is 5.41. The smallest absolute Gasteiger partial charge is 0.411 e. The van der Waals surface area contributed by atoms with E-state index in [1.807, 2.05) is 13.0 Å². The third kappa shape index (κ3) is 3.84. The van der Waals surface area contributed by atoms with Crippen LogP contribution in [0.5, 0.6) is 5.75 Å². The number of hydrogen-bond donors (Lipinski definition) is 1. The molecule has 0 fully saturated rings. The van der Waals surface area contributed by atoms with Crippen LogP contribution in [0.4, 0.5) is 13.2 Å². The minimum absolute atomic E-state index is 0.128. The van der Waals surface area contributed by atoms with Crippen LogP contribution in [0.2, 0.25) is 0 Å². The van der Waals surface area contributed by atoms with Gasteiger partial charge < -0.3 is 15.2 Å². The topological polar surface area (TPSA) is 44.5 Å². The molecule has 1 aromatic carbocycles. The molecule has 3 nitrogen and oxygen atoms in total. The summed E-state index contributed by atoms with van der Waals surface area (Å²) in [6.45, 7) is 0.534. The van der Waals surface area contributed by atoms with Crippen LogP contribution in [-0.2, 0) is 11.2 Å². The number of hydrogen-bond acceptors (Lipinski definition) is 3. The number of fused-ring (bicyclic) bond motifs is 1. The molecule has 1 aliphatic heterocycles. The molecule has 2 atom stereocenters. The van der Waals surface area contributed by atoms with E-state index < -0.39 is 18.8 Å². The van der Waals surface area contributed by atoms with Crippen molar-refractivity contribution in [3.8, 4) is 5.75 Å². The monoisotopic (exact) mass is 275 g/mol. The molecule has 0 bridgehead atoms. The summed E-state index contributed by atoms with van der Waals surface area (Å²) in [5.41, 5.74) is 7.62. The number of halogens is 3. The molecule has 1 aromatic rings.